The van der Waals surface area contributed by atoms with Gasteiger partial charge in [0.2, 0.25) is 11.8 Å². The van der Waals surface area contributed by atoms with E-state index in [2.05, 4.69) is 10.2 Å². The number of ether oxygens (including phenoxy) is 1. The minimum absolute atomic E-state index is 0.0725. The third-order valence-corrected chi connectivity index (χ3v) is 12.4. The number of fused-ring (bicyclic) bond motifs is 1. The molecule has 1 atom stereocenters. The number of para-hydroxylation sites is 1. The molecule has 17 heteroatoms. The number of nitrogens with one attached hydrogen (secondary N) is 1. The van der Waals surface area contributed by atoms with Crippen LogP contribution in [0.1, 0.15) is 54.4 Å². The Morgan fingerprint density at radius 1 is 0.817 bits per heavy atom. The fourth-order valence-corrected chi connectivity index (χ4v) is 9.02. The summed E-state index contributed by atoms with van der Waals surface area (Å²) in [6.45, 7) is 4.54. The highest BCUT2D eigenvalue weighted by Gasteiger charge is 2.38. The van der Waals surface area contributed by atoms with E-state index < -0.39 is 29.5 Å². The summed E-state index contributed by atoms with van der Waals surface area (Å²) in [5.41, 5.74) is 6.93. The van der Waals surface area contributed by atoms with Gasteiger partial charge in [-0.15, -0.1) is 5.06 Å². The smallest absolute Gasteiger partial charge is 0.428 e. The molecule has 4 amide bonds. The number of nitrogens with zero attached hydrogens (tertiary/aromatic N) is 5. The first-order chi connectivity index (χ1) is 28.8. The van der Waals surface area contributed by atoms with Crippen LogP contribution < -0.4 is 11.1 Å². The number of hydrogen-bond acceptors (Lipinski definition) is 9. The normalized spacial score (nSPS) is 19.3. The molecule has 0 unspecified atom stereocenters. The van der Waals surface area contributed by atoms with Gasteiger partial charge in [-0.05, 0) is 73.4 Å². The van der Waals surface area contributed by atoms with E-state index in [4.69, 9.17) is 26.9 Å². The minimum atomic E-state index is -4.76. The van der Waals surface area contributed by atoms with Crippen molar-refractivity contribution in [2.45, 2.75) is 69.8 Å². The van der Waals surface area contributed by atoms with Crippen LogP contribution in [0.2, 0.25) is 5.02 Å². The number of piperazine rings is 1. The summed E-state index contributed by atoms with van der Waals surface area (Å²) in [4.78, 5) is 66.6. The molecule has 4 aliphatic heterocycles. The Hall–Kier alpha value is -5.06. The van der Waals surface area contributed by atoms with Crippen molar-refractivity contribution < 1.29 is 41.9 Å². The summed E-state index contributed by atoms with van der Waals surface area (Å²) < 4.78 is 47.1. The molecule has 3 aromatic carbocycles. The molecular formula is C43H51ClF3N7O6. The maximum Gasteiger partial charge on any atom is 0.528 e. The van der Waals surface area contributed by atoms with Crippen LogP contribution in [-0.2, 0) is 44.8 Å². The summed E-state index contributed by atoms with van der Waals surface area (Å²) in [6.07, 6.45) is -2.69. The summed E-state index contributed by atoms with van der Waals surface area (Å²) in [5.74, 6) is -1.51. The van der Waals surface area contributed by atoms with E-state index in [0.717, 1.165) is 22.9 Å². The average molecular weight is 854 g/mol. The fraction of sp³-hybridized carbons (Fsp3) is 0.488. The number of anilines is 2. The highest BCUT2D eigenvalue weighted by Crippen LogP contribution is 2.39. The zero-order valence-corrected chi connectivity index (χ0v) is 34.1. The third-order valence-electron chi connectivity index (χ3n) is 12.1. The van der Waals surface area contributed by atoms with Crippen LogP contribution in [0.4, 0.5) is 34.1 Å². The highest BCUT2D eigenvalue weighted by atomic mass is 35.5. The van der Waals surface area contributed by atoms with E-state index in [1.54, 1.807) is 14.9 Å². The second-order valence-corrected chi connectivity index (χ2v) is 16.3. The summed E-state index contributed by atoms with van der Waals surface area (Å²) >= 11 is 6.18. The van der Waals surface area contributed by atoms with Gasteiger partial charge in [0.1, 0.15) is 6.61 Å². The van der Waals surface area contributed by atoms with Crippen molar-refractivity contribution in [3.8, 4) is 0 Å². The van der Waals surface area contributed by atoms with Gasteiger partial charge in [0.15, 0.2) is 0 Å². The van der Waals surface area contributed by atoms with Gasteiger partial charge < -0.3 is 35.3 Å². The van der Waals surface area contributed by atoms with Gasteiger partial charge in [-0.25, -0.2) is 9.59 Å². The van der Waals surface area contributed by atoms with Crippen molar-refractivity contribution in [1.82, 2.24) is 24.7 Å². The van der Waals surface area contributed by atoms with E-state index in [0.29, 0.717) is 91.0 Å². The van der Waals surface area contributed by atoms with Gasteiger partial charge in [-0.2, -0.15) is 13.2 Å². The lowest BCUT2D eigenvalue weighted by atomic mass is 9.91. The number of halogens is 4. The molecule has 322 valence electrons. The number of rotatable bonds is 10. The predicted molar refractivity (Wildman–Crippen MR) is 219 cm³/mol. The number of nitrogens with two attached hydrogens (primary N) is 1. The minimum Gasteiger partial charge on any atom is -0.428 e. The lowest BCUT2D eigenvalue weighted by Gasteiger charge is -2.42. The number of alkyl halides is 3. The van der Waals surface area contributed by atoms with E-state index in [-0.39, 0.29) is 60.0 Å². The Bertz CT molecular complexity index is 2000. The SMILES string of the molecule is Nc1c(Cl)cc(C[C@@H](CC(=O)N2CCC(N3CCc4ccccc4NC3=O)CC2)C(=O)N2CCC(N3CCN(OC(=O)OCc4ccccc4)CC3)CC2)cc1C(F)(F)F. The van der Waals surface area contributed by atoms with Crippen molar-refractivity contribution >= 4 is 47.0 Å². The number of carbonyl (C=O) groups excluding carboxylic acids is 4. The first-order valence-corrected chi connectivity index (χ1v) is 20.9. The van der Waals surface area contributed by atoms with E-state index >= 15 is 0 Å². The molecule has 0 radical (unpaired) electrons. The van der Waals surface area contributed by atoms with Crippen LogP contribution in [0.15, 0.2) is 66.7 Å². The van der Waals surface area contributed by atoms with Gasteiger partial charge in [0, 0.05) is 83.1 Å². The van der Waals surface area contributed by atoms with Crippen LogP contribution in [0, 0.1) is 5.92 Å². The summed E-state index contributed by atoms with van der Waals surface area (Å²) in [5, 5.41) is 4.33. The first kappa shape index (κ1) is 43.0. The quantitative estimate of drug-likeness (QED) is 0.174. The highest BCUT2D eigenvalue weighted by molar-refractivity contribution is 6.33. The Kier molecular flexibility index (Phi) is 13.7. The van der Waals surface area contributed by atoms with Crippen LogP contribution in [-0.4, -0.2) is 120 Å². The molecule has 4 heterocycles. The van der Waals surface area contributed by atoms with Gasteiger partial charge in [-0.3, -0.25) is 14.5 Å². The van der Waals surface area contributed by atoms with Gasteiger partial charge >= 0.3 is 18.4 Å². The van der Waals surface area contributed by atoms with Crippen LogP contribution in [0.3, 0.4) is 0 Å². The molecule has 3 fully saturated rings. The number of piperidine rings is 2. The Morgan fingerprint density at radius 2 is 1.47 bits per heavy atom. The Morgan fingerprint density at radius 3 is 2.17 bits per heavy atom. The number of nitrogen functional groups attached to an aromatic ring is 1. The maximum absolute atomic E-state index is 14.3. The predicted octanol–water partition coefficient (Wildman–Crippen LogP) is 6.45. The molecule has 0 bridgehead atoms. The van der Waals surface area contributed by atoms with Gasteiger partial charge in [-0.1, -0.05) is 60.1 Å². The monoisotopic (exact) mass is 853 g/mol. The van der Waals surface area contributed by atoms with Crippen molar-refractivity contribution in [1.29, 1.82) is 0 Å². The molecule has 4 aliphatic rings. The molecular weight excluding hydrogens is 803 g/mol. The Balaban J connectivity index is 0.944. The lowest BCUT2D eigenvalue weighted by Crippen LogP contribution is -2.54. The van der Waals surface area contributed by atoms with Gasteiger partial charge in [0.05, 0.1) is 22.2 Å². The number of likely N-dealkylation sites (tertiary alicyclic amines) is 2. The van der Waals surface area contributed by atoms with E-state index in [1.807, 2.05) is 59.5 Å². The molecule has 0 saturated carbocycles. The van der Waals surface area contributed by atoms with Crippen LogP contribution in [0.5, 0.6) is 0 Å². The molecule has 3 aromatic rings. The molecule has 0 aromatic heterocycles. The van der Waals surface area contributed by atoms with E-state index in [1.165, 1.54) is 6.07 Å². The van der Waals surface area contributed by atoms with Crippen LogP contribution >= 0.6 is 11.6 Å². The summed E-state index contributed by atoms with van der Waals surface area (Å²) in [7, 11) is 0. The molecule has 13 nitrogen and oxygen atoms in total. The van der Waals surface area contributed by atoms with Crippen molar-refractivity contribution in [2.75, 3.05) is 70.0 Å². The summed E-state index contributed by atoms with van der Waals surface area (Å²) in [6, 6.07) is 19.2. The van der Waals surface area contributed by atoms with Gasteiger partial charge in [0.25, 0.3) is 0 Å². The van der Waals surface area contributed by atoms with Crippen molar-refractivity contribution in [2.24, 2.45) is 5.92 Å². The number of hydroxylamine groups is 2. The average Bonchev–Trinajstić information content (AvgIpc) is 3.42. The third kappa shape index (κ3) is 10.6. The number of urea groups is 1. The second kappa shape index (κ2) is 19.1. The fourth-order valence-electron chi connectivity index (χ4n) is 8.78. The zero-order valence-electron chi connectivity index (χ0n) is 33.4. The topological polar surface area (TPSA) is 141 Å². The number of carbonyl (C=O) groups is 4. The van der Waals surface area contributed by atoms with Crippen molar-refractivity contribution in [3.63, 3.8) is 0 Å². The standard InChI is InChI=1S/C43H51ClF3N7O6/c44-36-26-30(25-35(39(36)48)43(45,46)47)24-32(27-38(55)51-15-13-34(14-16-51)54-19-10-31-8-4-5-9-37(31)49-41(54)57)40(56)52-17-11-33(12-18-52)50-20-22-53(23-21-50)60-42(58)59-28-29-6-2-1-3-7-29/h1-9,25-26,32-34H,10-24,27-28,48H2,(H,49,57)/t32-/m0/s1. The largest absolute Gasteiger partial charge is 0.528 e. The van der Waals surface area contributed by atoms with Crippen molar-refractivity contribution in [3.05, 3.63) is 94.0 Å². The number of amides is 4. The molecule has 3 N–H and O–H groups in total. The molecule has 7 rings (SSSR count). The molecule has 0 aliphatic carbocycles. The van der Waals surface area contributed by atoms with Crippen LogP contribution in [0.25, 0.3) is 0 Å². The lowest BCUT2D eigenvalue weighted by molar-refractivity contribution is -0.153. The first-order valence-electron chi connectivity index (χ1n) is 20.6. The zero-order chi connectivity index (χ0) is 42.4. The van der Waals surface area contributed by atoms with E-state index in [9.17, 15) is 32.3 Å². The molecule has 60 heavy (non-hydrogen) atoms. The number of benzene rings is 3. The Labute approximate surface area is 352 Å². The number of hydrogen-bond donors (Lipinski definition) is 2. The molecule has 0 spiro atoms. The second-order valence-electron chi connectivity index (χ2n) is 15.9. The maximum atomic E-state index is 14.3. The molecule has 3 saturated heterocycles.